The summed E-state index contributed by atoms with van der Waals surface area (Å²) in [4.78, 5) is 32.5. The normalized spacial score (nSPS) is 11.5. The first-order chi connectivity index (χ1) is 21.6. The average Bonchev–Trinajstić information content (AvgIpc) is 3.02. The first-order valence-electron chi connectivity index (χ1n) is 14.8. The minimum absolute atomic E-state index is 0.0223. The first kappa shape index (κ1) is 33.9. The molecule has 4 rings (SSSR count). The van der Waals surface area contributed by atoms with Gasteiger partial charge in [0.2, 0.25) is 5.91 Å². The largest absolute Gasteiger partial charge is 0.416 e. The molecule has 0 bridgehead atoms. The van der Waals surface area contributed by atoms with Crippen LogP contribution in [0.5, 0.6) is 0 Å². The number of benzene rings is 3. The van der Waals surface area contributed by atoms with Crippen LogP contribution >= 0.6 is 11.8 Å². The topological polar surface area (TPSA) is 67.2 Å². The number of amides is 1. The second-order valence-electron chi connectivity index (χ2n) is 10.6. The van der Waals surface area contributed by atoms with Crippen molar-refractivity contribution < 1.29 is 22.4 Å². The number of likely N-dealkylation sites (N-methyl/N-ethyl adjacent to an activating group) is 1. The third-order valence-corrected chi connectivity index (χ3v) is 8.23. The van der Waals surface area contributed by atoms with Crippen molar-refractivity contribution in [1.29, 1.82) is 0 Å². The van der Waals surface area contributed by atoms with Crippen LogP contribution in [0.2, 0.25) is 0 Å². The predicted octanol–water partition coefficient (Wildman–Crippen LogP) is 6.95. The molecule has 4 aromatic rings. The summed E-state index contributed by atoms with van der Waals surface area (Å²) in [5.41, 5.74) is 2.67. The van der Waals surface area contributed by atoms with E-state index in [1.165, 1.54) is 36.0 Å². The maximum absolute atomic E-state index is 13.8. The third kappa shape index (κ3) is 9.76. The summed E-state index contributed by atoms with van der Waals surface area (Å²) in [6.45, 7) is 6.03. The summed E-state index contributed by atoms with van der Waals surface area (Å²) in [5.74, 6) is -0.0415. The minimum atomic E-state index is -4.39. The Balaban J connectivity index is 1.53. The molecule has 1 N–H and O–H groups in total. The zero-order chi connectivity index (χ0) is 32.4. The lowest BCUT2D eigenvalue weighted by Gasteiger charge is -2.24. The summed E-state index contributed by atoms with van der Waals surface area (Å²) in [6, 6.07) is 18.5. The maximum atomic E-state index is 13.8. The first-order valence-corrected chi connectivity index (χ1v) is 15.8. The number of aryl methyl sites for hydroxylation is 1. The van der Waals surface area contributed by atoms with Crippen LogP contribution < -0.4 is 10.9 Å². The van der Waals surface area contributed by atoms with E-state index in [-0.39, 0.29) is 23.8 Å². The molecular formula is C34H36F4N4O2S. The lowest BCUT2D eigenvalue weighted by atomic mass is 10.0. The van der Waals surface area contributed by atoms with Crippen molar-refractivity contribution in [3.05, 3.63) is 117 Å². The van der Waals surface area contributed by atoms with Crippen LogP contribution in [0.3, 0.4) is 0 Å². The number of rotatable bonds is 14. The summed E-state index contributed by atoms with van der Waals surface area (Å²) >= 11 is 1.31. The van der Waals surface area contributed by atoms with Crippen molar-refractivity contribution in [2.45, 2.75) is 56.9 Å². The molecule has 238 valence electrons. The molecule has 0 unspecified atom stereocenters. The molecule has 6 nitrogen and oxygen atoms in total. The van der Waals surface area contributed by atoms with E-state index in [2.05, 4.69) is 10.3 Å². The second-order valence-corrected chi connectivity index (χ2v) is 11.5. The Hall–Kier alpha value is -3.96. The molecule has 0 aliphatic heterocycles. The average molecular weight is 641 g/mol. The van der Waals surface area contributed by atoms with Crippen LogP contribution in [0.1, 0.15) is 42.5 Å². The van der Waals surface area contributed by atoms with E-state index in [9.17, 15) is 27.2 Å². The van der Waals surface area contributed by atoms with Gasteiger partial charge in [0, 0.05) is 37.1 Å². The van der Waals surface area contributed by atoms with Gasteiger partial charge in [-0.3, -0.25) is 9.59 Å². The molecular weight excluding hydrogens is 604 g/mol. The minimum Gasteiger partial charge on any atom is -0.336 e. The molecule has 3 aromatic carbocycles. The van der Waals surface area contributed by atoms with Gasteiger partial charge < -0.3 is 14.8 Å². The second kappa shape index (κ2) is 15.9. The van der Waals surface area contributed by atoms with Crippen LogP contribution in [0.15, 0.2) is 88.9 Å². The lowest BCUT2D eigenvalue weighted by Crippen LogP contribution is -2.39. The fraction of sp³-hybridized carbons (Fsp3) is 0.324. The standard InChI is InChI=1S/C34H36F4N4O2S/c1-3-5-28-21-42(33(40-32(28)44)45-23-25-8-16-30(35)17-9-25)22-31(43)41(19-18-39-4-2)20-24-6-10-26(11-7-24)27-12-14-29(15-13-27)34(36,37)38/h6-17,21,39H,3-5,18-20,22-23H2,1-2H3. The summed E-state index contributed by atoms with van der Waals surface area (Å²) in [6.07, 6.45) is -1.39. The van der Waals surface area contributed by atoms with Crippen molar-refractivity contribution in [2.24, 2.45) is 0 Å². The van der Waals surface area contributed by atoms with Crippen LogP contribution in [0, 0.1) is 5.82 Å². The number of nitrogens with one attached hydrogen (secondary N) is 1. The Labute approximate surface area is 264 Å². The zero-order valence-corrected chi connectivity index (χ0v) is 26.1. The highest BCUT2D eigenvalue weighted by Gasteiger charge is 2.30. The Morgan fingerprint density at radius 3 is 2.16 bits per heavy atom. The number of alkyl halides is 3. The van der Waals surface area contributed by atoms with Gasteiger partial charge in [-0.1, -0.05) is 80.6 Å². The number of carbonyl (C=O) groups excluding carboxylic acids is 1. The SMILES string of the molecule is CCCc1cn(CC(=O)N(CCNCC)Cc2ccc(-c3ccc(C(F)(F)F)cc3)cc2)c(SCc2ccc(F)cc2)nc1=O. The van der Waals surface area contributed by atoms with E-state index >= 15 is 0 Å². The molecule has 1 heterocycles. The third-order valence-electron chi connectivity index (χ3n) is 7.17. The van der Waals surface area contributed by atoms with Crippen LogP contribution in [-0.2, 0) is 36.2 Å². The van der Waals surface area contributed by atoms with E-state index in [0.717, 1.165) is 41.8 Å². The predicted molar refractivity (Wildman–Crippen MR) is 169 cm³/mol. The monoisotopic (exact) mass is 640 g/mol. The summed E-state index contributed by atoms with van der Waals surface area (Å²) in [5, 5.41) is 3.66. The molecule has 0 saturated heterocycles. The summed E-state index contributed by atoms with van der Waals surface area (Å²) < 4.78 is 54.0. The van der Waals surface area contributed by atoms with Gasteiger partial charge in [0.05, 0.1) is 5.56 Å². The molecule has 11 heteroatoms. The van der Waals surface area contributed by atoms with Crippen molar-refractivity contribution >= 4 is 17.7 Å². The Morgan fingerprint density at radius 2 is 1.56 bits per heavy atom. The molecule has 45 heavy (non-hydrogen) atoms. The molecule has 0 aliphatic rings. The highest BCUT2D eigenvalue weighted by atomic mass is 32.2. The van der Waals surface area contributed by atoms with E-state index in [0.29, 0.717) is 48.1 Å². The van der Waals surface area contributed by atoms with Crippen molar-refractivity contribution in [3.63, 3.8) is 0 Å². The Morgan fingerprint density at radius 1 is 0.933 bits per heavy atom. The number of carbonyl (C=O) groups is 1. The number of hydrogen-bond donors (Lipinski definition) is 1. The van der Waals surface area contributed by atoms with Gasteiger partial charge in [-0.2, -0.15) is 18.2 Å². The smallest absolute Gasteiger partial charge is 0.336 e. The number of thioether (sulfide) groups is 1. The molecule has 0 atom stereocenters. The van der Waals surface area contributed by atoms with Gasteiger partial charge >= 0.3 is 6.18 Å². The molecule has 1 amide bonds. The fourth-order valence-electron chi connectivity index (χ4n) is 4.72. The van der Waals surface area contributed by atoms with Gasteiger partial charge in [0.25, 0.3) is 5.56 Å². The van der Waals surface area contributed by atoms with Crippen molar-refractivity contribution in [3.8, 4) is 11.1 Å². The molecule has 0 saturated carbocycles. The van der Waals surface area contributed by atoms with E-state index in [1.807, 2.05) is 38.1 Å². The van der Waals surface area contributed by atoms with Gasteiger partial charge in [0.1, 0.15) is 12.4 Å². The van der Waals surface area contributed by atoms with Crippen molar-refractivity contribution in [1.82, 2.24) is 19.8 Å². The number of hydrogen-bond acceptors (Lipinski definition) is 5. The van der Waals surface area contributed by atoms with Gasteiger partial charge in [-0.15, -0.1) is 0 Å². The number of nitrogens with zero attached hydrogens (tertiary/aromatic N) is 3. The molecule has 0 spiro atoms. The van der Waals surface area contributed by atoms with Crippen LogP contribution in [-0.4, -0.2) is 40.0 Å². The van der Waals surface area contributed by atoms with E-state index in [4.69, 9.17) is 0 Å². The summed E-state index contributed by atoms with van der Waals surface area (Å²) in [7, 11) is 0. The molecule has 0 fully saturated rings. The molecule has 0 aliphatic carbocycles. The highest BCUT2D eigenvalue weighted by molar-refractivity contribution is 7.98. The Bertz CT molecular complexity index is 1610. The highest BCUT2D eigenvalue weighted by Crippen LogP contribution is 2.31. The van der Waals surface area contributed by atoms with E-state index < -0.39 is 11.7 Å². The molecule has 0 radical (unpaired) electrons. The molecule has 1 aromatic heterocycles. The number of aromatic nitrogens is 2. The van der Waals surface area contributed by atoms with Crippen LogP contribution in [0.25, 0.3) is 11.1 Å². The van der Waals surface area contributed by atoms with Crippen LogP contribution in [0.4, 0.5) is 17.6 Å². The lowest BCUT2D eigenvalue weighted by molar-refractivity contribution is -0.137. The zero-order valence-electron chi connectivity index (χ0n) is 25.2. The quantitative estimate of drug-likeness (QED) is 0.0700. The van der Waals surface area contributed by atoms with Gasteiger partial charge in [-0.05, 0) is 59.5 Å². The van der Waals surface area contributed by atoms with E-state index in [1.54, 1.807) is 27.8 Å². The maximum Gasteiger partial charge on any atom is 0.416 e. The van der Waals surface area contributed by atoms with Crippen molar-refractivity contribution in [2.75, 3.05) is 19.6 Å². The van der Waals surface area contributed by atoms with Gasteiger partial charge in [0.15, 0.2) is 5.16 Å². The number of halogens is 4. The fourth-order valence-corrected chi connectivity index (χ4v) is 5.64. The Kier molecular flexibility index (Phi) is 12.0. The van der Waals surface area contributed by atoms with Gasteiger partial charge in [-0.25, -0.2) is 4.39 Å².